The SMILES string of the molecule is CCc1cccc(C)c1NC(=O)Cn1c(C)nc2ccccc2c1=O. The summed E-state index contributed by atoms with van der Waals surface area (Å²) in [5, 5.41) is 3.47. The Kier molecular flexibility index (Phi) is 4.65. The number of rotatable bonds is 4. The van der Waals surface area contributed by atoms with E-state index in [0.29, 0.717) is 16.7 Å². The highest BCUT2D eigenvalue weighted by molar-refractivity contribution is 5.92. The van der Waals surface area contributed by atoms with Gasteiger partial charge in [0.2, 0.25) is 5.91 Å². The lowest BCUT2D eigenvalue weighted by Gasteiger charge is -2.15. The van der Waals surface area contributed by atoms with Crippen molar-refractivity contribution in [2.24, 2.45) is 0 Å². The normalized spacial score (nSPS) is 10.8. The summed E-state index contributed by atoms with van der Waals surface area (Å²) >= 11 is 0. The van der Waals surface area contributed by atoms with Gasteiger partial charge in [0.15, 0.2) is 0 Å². The minimum Gasteiger partial charge on any atom is -0.324 e. The van der Waals surface area contributed by atoms with Crippen molar-refractivity contribution >= 4 is 22.5 Å². The van der Waals surface area contributed by atoms with E-state index in [1.807, 2.05) is 38.1 Å². The van der Waals surface area contributed by atoms with Gasteiger partial charge in [0.05, 0.1) is 10.9 Å². The summed E-state index contributed by atoms with van der Waals surface area (Å²) in [7, 11) is 0. The van der Waals surface area contributed by atoms with Gasteiger partial charge in [-0.05, 0) is 43.5 Å². The molecule has 0 bridgehead atoms. The Hall–Kier alpha value is -2.95. The molecule has 5 heteroatoms. The van der Waals surface area contributed by atoms with Gasteiger partial charge in [0, 0.05) is 5.69 Å². The van der Waals surface area contributed by atoms with Crippen LogP contribution in [0.25, 0.3) is 10.9 Å². The van der Waals surface area contributed by atoms with Crippen LogP contribution in [0.1, 0.15) is 23.9 Å². The molecule has 0 aliphatic heterocycles. The first-order valence-corrected chi connectivity index (χ1v) is 8.35. The van der Waals surface area contributed by atoms with Crippen molar-refractivity contribution < 1.29 is 4.79 Å². The minimum absolute atomic E-state index is 0.0556. The molecule has 1 amide bonds. The predicted octanol–water partition coefficient (Wildman–Crippen LogP) is 3.21. The molecule has 0 aliphatic rings. The van der Waals surface area contributed by atoms with E-state index in [0.717, 1.165) is 23.2 Å². The van der Waals surface area contributed by atoms with Gasteiger partial charge in [-0.15, -0.1) is 0 Å². The number of hydrogen-bond acceptors (Lipinski definition) is 3. The number of carbonyl (C=O) groups excluding carboxylic acids is 1. The molecule has 128 valence electrons. The number of anilines is 1. The lowest BCUT2D eigenvalue weighted by atomic mass is 10.1. The fraction of sp³-hybridized carbons (Fsp3) is 0.250. The fourth-order valence-electron chi connectivity index (χ4n) is 2.99. The van der Waals surface area contributed by atoms with E-state index in [1.165, 1.54) is 4.57 Å². The van der Waals surface area contributed by atoms with E-state index in [-0.39, 0.29) is 18.0 Å². The maximum atomic E-state index is 12.7. The van der Waals surface area contributed by atoms with Crippen LogP contribution in [0.5, 0.6) is 0 Å². The van der Waals surface area contributed by atoms with Crippen LogP contribution >= 0.6 is 0 Å². The van der Waals surface area contributed by atoms with Gasteiger partial charge in [0.25, 0.3) is 5.56 Å². The molecule has 2 aromatic carbocycles. The molecule has 0 atom stereocenters. The zero-order chi connectivity index (χ0) is 18.0. The zero-order valence-corrected chi connectivity index (χ0v) is 14.7. The second kappa shape index (κ2) is 6.89. The van der Waals surface area contributed by atoms with Crippen molar-refractivity contribution in [3.05, 3.63) is 69.8 Å². The van der Waals surface area contributed by atoms with Crippen molar-refractivity contribution in [3.8, 4) is 0 Å². The number of fused-ring (bicyclic) bond motifs is 1. The number of aromatic nitrogens is 2. The fourth-order valence-corrected chi connectivity index (χ4v) is 2.99. The summed E-state index contributed by atoms with van der Waals surface area (Å²) in [4.78, 5) is 29.6. The molecule has 0 saturated carbocycles. The van der Waals surface area contributed by atoms with Crippen molar-refractivity contribution in [3.63, 3.8) is 0 Å². The molecule has 25 heavy (non-hydrogen) atoms. The summed E-state index contributed by atoms with van der Waals surface area (Å²) in [6.07, 6.45) is 0.827. The maximum Gasteiger partial charge on any atom is 0.261 e. The molecule has 0 saturated heterocycles. The molecule has 1 N–H and O–H groups in total. The van der Waals surface area contributed by atoms with Crippen molar-refractivity contribution in [1.29, 1.82) is 0 Å². The highest BCUT2D eigenvalue weighted by atomic mass is 16.2. The van der Waals surface area contributed by atoms with Crippen LogP contribution < -0.4 is 10.9 Å². The quantitative estimate of drug-likeness (QED) is 0.796. The second-order valence-corrected chi connectivity index (χ2v) is 6.08. The summed E-state index contributed by atoms with van der Waals surface area (Å²) in [5.41, 5.74) is 3.37. The van der Waals surface area contributed by atoms with E-state index in [9.17, 15) is 9.59 Å². The highest BCUT2D eigenvalue weighted by Gasteiger charge is 2.13. The van der Waals surface area contributed by atoms with Crippen LogP contribution in [-0.2, 0) is 17.8 Å². The van der Waals surface area contributed by atoms with E-state index in [4.69, 9.17) is 0 Å². The summed E-state index contributed by atoms with van der Waals surface area (Å²) in [6.45, 7) is 5.70. The number of nitrogens with zero attached hydrogens (tertiary/aromatic N) is 2. The monoisotopic (exact) mass is 335 g/mol. The van der Waals surface area contributed by atoms with E-state index in [2.05, 4.69) is 10.3 Å². The van der Waals surface area contributed by atoms with Crippen LogP contribution in [0.2, 0.25) is 0 Å². The van der Waals surface area contributed by atoms with Crippen LogP contribution in [0, 0.1) is 13.8 Å². The van der Waals surface area contributed by atoms with E-state index in [1.54, 1.807) is 25.1 Å². The third-order valence-corrected chi connectivity index (χ3v) is 4.36. The molecule has 3 rings (SSSR count). The summed E-state index contributed by atoms with van der Waals surface area (Å²) in [5.74, 6) is 0.297. The van der Waals surface area contributed by atoms with Crippen molar-refractivity contribution in [2.75, 3.05) is 5.32 Å². The molecule has 1 aromatic heterocycles. The van der Waals surface area contributed by atoms with Crippen LogP contribution in [0.3, 0.4) is 0 Å². The van der Waals surface area contributed by atoms with Gasteiger partial charge in [-0.1, -0.05) is 37.3 Å². The van der Waals surface area contributed by atoms with E-state index < -0.39 is 0 Å². The van der Waals surface area contributed by atoms with Gasteiger partial charge in [-0.25, -0.2) is 4.98 Å². The van der Waals surface area contributed by atoms with Gasteiger partial charge >= 0.3 is 0 Å². The Balaban J connectivity index is 1.92. The van der Waals surface area contributed by atoms with Crippen molar-refractivity contribution in [2.45, 2.75) is 33.7 Å². The Bertz CT molecular complexity index is 1010. The molecular weight excluding hydrogens is 314 g/mol. The number of benzene rings is 2. The van der Waals surface area contributed by atoms with Crippen molar-refractivity contribution in [1.82, 2.24) is 9.55 Å². The highest BCUT2D eigenvalue weighted by Crippen LogP contribution is 2.21. The summed E-state index contributed by atoms with van der Waals surface area (Å²) < 4.78 is 1.42. The average molecular weight is 335 g/mol. The van der Waals surface area contributed by atoms with Crippen LogP contribution in [-0.4, -0.2) is 15.5 Å². The first-order valence-electron chi connectivity index (χ1n) is 8.35. The number of aryl methyl sites for hydroxylation is 3. The Morgan fingerprint density at radius 3 is 2.64 bits per heavy atom. The largest absolute Gasteiger partial charge is 0.324 e. The number of para-hydroxylation sites is 2. The Morgan fingerprint density at radius 2 is 1.88 bits per heavy atom. The minimum atomic E-state index is -0.230. The maximum absolute atomic E-state index is 12.7. The second-order valence-electron chi connectivity index (χ2n) is 6.08. The molecule has 1 heterocycles. The van der Waals surface area contributed by atoms with Gasteiger partial charge in [0.1, 0.15) is 12.4 Å². The van der Waals surface area contributed by atoms with Gasteiger partial charge < -0.3 is 5.32 Å². The van der Waals surface area contributed by atoms with Gasteiger partial charge in [-0.2, -0.15) is 0 Å². The zero-order valence-electron chi connectivity index (χ0n) is 14.7. The third-order valence-electron chi connectivity index (χ3n) is 4.36. The first-order chi connectivity index (χ1) is 12.0. The third kappa shape index (κ3) is 3.31. The van der Waals surface area contributed by atoms with Crippen LogP contribution in [0.4, 0.5) is 5.69 Å². The Labute approximate surface area is 146 Å². The molecule has 0 unspecified atom stereocenters. The first kappa shape index (κ1) is 16.9. The predicted molar refractivity (Wildman–Crippen MR) is 99.9 cm³/mol. The standard InChI is InChI=1S/C20H21N3O2/c1-4-15-9-7-8-13(2)19(15)22-18(24)12-23-14(3)21-17-11-6-5-10-16(17)20(23)25/h5-11H,4,12H2,1-3H3,(H,22,24). The molecule has 0 radical (unpaired) electrons. The molecule has 5 nitrogen and oxygen atoms in total. The number of carbonyl (C=O) groups is 1. The molecule has 3 aromatic rings. The number of nitrogens with one attached hydrogen (secondary N) is 1. The smallest absolute Gasteiger partial charge is 0.261 e. The van der Waals surface area contributed by atoms with Gasteiger partial charge in [-0.3, -0.25) is 14.2 Å². The average Bonchev–Trinajstić information content (AvgIpc) is 2.60. The lowest BCUT2D eigenvalue weighted by molar-refractivity contribution is -0.116. The van der Waals surface area contributed by atoms with Crippen LogP contribution in [0.15, 0.2) is 47.3 Å². The summed E-state index contributed by atoms with van der Waals surface area (Å²) in [6, 6.07) is 13.1. The number of hydrogen-bond donors (Lipinski definition) is 1. The lowest BCUT2D eigenvalue weighted by Crippen LogP contribution is -2.30. The topological polar surface area (TPSA) is 64.0 Å². The molecule has 0 fully saturated rings. The number of amides is 1. The van der Waals surface area contributed by atoms with E-state index >= 15 is 0 Å². The Morgan fingerprint density at radius 1 is 1.12 bits per heavy atom. The molecule has 0 spiro atoms. The molecule has 0 aliphatic carbocycles. The molecular formula is C20H21N3O2.